The number of nitrogen functional groups attached to an aromatic ring is 1. The number of thiazole rings is 1. The van der Waals surface area contributed by atoms with E-state index in [1.807, 2.05) is 0 Å². The summed E-state index contributed by atoms with van der Waals surface area (Å²) in [5, 5.41) is 3.09. The second-order valence-corrected chi connectivity index (χ2v) is 5.06. The van der Waals surface area contributed by atoms with E-state index in [4.69, 9.17) is 5.73 Å². The molecular weight excluding hydrogens is 262 g/mol. The highest BCUT2D eigenvalue weighted by molar-refractivity contribution is 7.17. The third kappa shape index (κ3) is 2.97. The first-order valence-corrected chi connectivity index (χ1v) is 6.44. The van der Waals surface area contributed by atoms with Gasteiger partial charge in [-0.3, -0.25) is 14.9 Å². The number of hydrogen-bond acceptors (Lipinski definition) is 5. The lowest BCUT2D eigenvalue weighted by molar-refractivity contribution is 0.101. The average Bonchev–Trinajstić information content (AvgIpc) is 2.71. The lowest BCUT2D eigenvalue weighted by atomic mass is 10.2. The van der Waals surface area contributed by atoms with Gasteiger partial charge in [-0.05, 0) is 31.2 Å². The highest BCUT2D eigenvalue weighted by Gasteiger charge is 2.14. The molecule has 1 aromatic heterocycles. The zero-order valence-electron chi connectivity index (χ0n) is 10.6. The number of anilines is 2. The predicted molar refractivity (Wildman–Crippen MR) is 75.7 cm³/mol. The summed E-state index contributed by atoms with van der Waals surface area (Å²) in [5.41, 5.74) is 7.28. The Morgan fingerprint density at radius 3 is 2.42 bits per heavy atom. The molecule has 1 aromatic carbocycles. The lowest BCUT2D eigenvalue weighted by Crippen LogP contribution is -2.11. The van der Waals surface area contributed by atoms with Crippen LogP contribution < -0.4 is 11.1 Å². The number of Topliss-reactive ketones (excluding diaryl/α,β-unsaturated/α-hetero) is 1. The van der Waals surface area contributed by atoms with E-state index < -0.39 is 0 Å². The molecule has 0 radical (unpaired) electrons. The number of ketones is 1. The van der Waals surface area contributed by atoms with Crippen LogP contribution in [0, 0.1) is 6.92 Å². The van der Waals surface area contributed by atoms with Crippen molar-refractivity contribution in [3.8, 4) is 0 Å². The maximum atomic E-state index is 11.9. The normalized spacial score (nSPS) is 10.2. The number of aromatic nitrogens is 1. The van der Waals surface area contributed by atoms with Crippen molar-refractivity contribution in [2.45, 2.75) is 13.8 Å². The Labute approximate surface area is 114 Å². The van der Waals surface area contributed by atoms with Crippen molar-refractivity contribution in [1.29, 1.82) is 0 Å². The van der Waals surface area contributed by atoms with Crippen LogP contribution in [0.15, 0.2) is 24.3 Å². The molecule has 0 atom stereocenters. The number of carbonyl (C=O) groups is 2. The van der Waals surface area contributed by atoms with Gasteiger partial charge in [-0.2, -0.15) is 0 Å². The van der Waals surface area contributed by atoms with Crippen LogP contribution in [-0.4, -0.2) is 16.7 Å². The SMILES string of the molecule is CC(=O)c1sc(NC(=O)c2ccc(N)cc2)nc1C. The Morgan fingerprint density at radius 2 is 1.89 bits per heavy atom. The fourth-order valence-corrected chi connectivity index (χ4v) is 2.44. The van der Waals surface area contributed by atoms with Gasteiger partial charge in [-0.25, -0.2) is 4.98 Å². The molecule has 0 aliphatic rings. The summed E-state index contributed by atoms with van der Waals surface area (Å²) in [5.74, 6) is -0.327. The smallest absolute Gasteiger partial charge is 0.257 e. The van der Waals surface area contributed by atoms with Crippen molar-refractivity contribution < 1.29 is 9.59 Å². The quantitative estimate of drug-likeness (QED) is 0.665. The molecule has 1 heterocycles. The number of nitrogens with one attached hydrogen (secondary N) is 1. The van der Waals surface area contributed by atoms with Gasteiger partial charge >= 0.3 is 0 Å². The minimum absolute atomic E-state index is 0.0528. The van der Waals surface area contributed by atoms with Gasteiger partial charge in [0.1, 0.15) is 0 Å². The van der Waals surface area contributed by atoms with Gasteiger partial charge < -0.3 is 5.73 Å². The fraction of sp³-hybridized carbons (Fsp3) is 0.154. The Kier molecular flexibility index (Phi) is 3.62. The topological polar surface area (TPSA) is 85.1 Å². The molecule has 1 amide bonds. The van der Waals surface area contributed by atoms with Gasteiger partial charge in [0.15, 0.2) is 10.9 Å². The molecule has 2 aromatic rings. The van der Waals surface area contributed by atoms with Crippen molar-refractivity contribution in [3.05, 3.63) is 40.4 Å². The highest BCUT2D eigenvalue weighted by Crippen LogP contribution is 2.23. The standard InChI is InChI=1S/C13H13N3O2S/c1-7-11(8(2)17)19-13(15-7)16-12(18)9-3-5-10(14)6-4-9/h3-6H,14H2,1-2H3,(H,15,16,18). The summed E-state index contributed by atoms with van der Waals surface area (Å²) in [7, 11) is 0. The van der Waals surface area contributed by atoms with E-state index in [0.717, 1.165) is 0 Å². The average molecular weight is 275 g/mol. The van der Waals surface area contributed by atoms with Crippen LogP contribution in [0.2, 0.25) is 0 Å². The number of amides is 1. The van der Waals surface area contributed by atoms with Gasteiger partial charge in [0.2, 0.25) is 0 Å². The number of carbonyl (C=O) groups excluding carboxylic acids is 2. The lowest BCUT2D eigenvalue weighted by Gasteiger charge is -2.01. The van der Waals surface area contributed by atoms with E-state index >= 15 is 0 Å². The highest BCUT2D eigenvalue weighted by atomic mass is 32.1. The summed E-state index contributed by atoms with van der Waals surface area (Å²) >= 11 is 1.18. The van der Waals surface area contributed by atoms with E-state index in [0.29, 0.717) is 27.0 Å². The van der Waals surface area contributed by atoms with Gasteiger partial charge in [-0.1, -0.05) is 11.3 Å². The van der Waals surface area contributed by atoms with Crippen LogP contribution in [0.5, 0.6) is 0 Å². The third-order valence-electron chi connectivity index (χ3n) is 2.51. The number of nitrogens with two attached hydrogens (primary N) is 1. The second-order valence-electron chi connectivity index (χ2n) is 4.07. The Morgan fingerprint density at radius 1 is 1.26 bits per heavy atom. The number of rotatable bonds is 3. The molecule has 0 aliphatic heterocycles. The van der Waals surface area contributed by atoms with Crippen molar-refractivity contribution >= 4 is 33.8 Å². The monoisotopic (exact) mass is 275 g/mol. The summed E-state index contributed by atoms with van der Waals surface area (Å²) in [4.78, 5) is 28.0. The minimum atomic E-state index is -0.274. The number of hydrogen-bond donors (Lipinski definition) is 2. The molecule has 0 bridgehead atoms. The second kappa shape index (κ2) is 5.19. The van der Waals surface area contributed by atoms with Crippen LogP contribution >= 0.6 is 11.3 Å². The first-order chi connectivity index (χ1) is 8.97. The molecule has 98 valence electrons. The molecule has 0 saturated heterocycles. The molecule has 6 heteroatoms. The van der Waals surface area contributed by atoms with Crippen molar-refractivity contribution in [1.82, 2.24) is 4.98 Å². The van der Waals surface area contributed by atoms with Crippen LogP contribution in [0.3, 0.4) is 0 Å². The molecule has 0 unspecified atom stereocenters. The molecule has 3 N–H and O–H groups in total. The molecule has 0 fully saturated rings. The Hall–Kier alpha value is -2.21. The number of nitrogens with zero attached hydrogens (tertiary/aromatic N) is 1. The van der Waals surface area contributed by atoms with Gasteiger partial charge in [0, 0.05) is 18.2 Å². The Bertz CT molecular complexity index is 632. The Balaban J connectivity index is 2.17. The van der Waals surface area contributed by atoms with Crippen LogP contribution in [0.1, 0.15) is 32.6 Å². The van der Waals surface area contributed by atoms with E-state index in [1.54, 1.807) is 31.2 Å². The molecule has 2 rings (SSSR count). The van der Waals surface area contributed by atoms with Crippen molar-refractivity contribution in [2.24, 2.45) is 0 Å². The van der Waals surface area contributed by atoms with Crippen molar-refractivity contribution in [3.63, 3.8) is 0 Å². The zero-order valence-corrected chi connectivity index (χ0v) is 11.4. The summed E-state index contributed by atoms with van der Waals surface area (Å²) in [6, 6.07) is 6.58. The predicted octanol–water partition coefficient (Wildman–Crippen LogP) is 2.49. The largest absolute Gasteiger partial charge is 0.399 e. The van der Waals surface area contributed by atoms with E-state index in [2.05, 4.69) is 10.3 Å². The maximum absolute atomic E-state index is 11.9. The fourth-order valence-electron chi connectivity index (χ4n) is 1.58. The minimum Gasteiger partial charge on any atom is -0.399 e. The van der Waals surface area contributed by atoms with E-state index in [9.17, 15) is 9.59 Å². The molecule has 0 saturated carbocycles. The van der Waals surface area contributed by atoms with E-state index in [1.165, 1.54) is 18.3 Å². The van der Waals surface area contributed by atoms with Gasteiger partial charge in [-0.15, -0.1) is 0 Å². The summed E-state index contributed by atoms with van der Waals surface area (Å²) < 4.78 is 0. The maximum Gasteiger partial charge on any atom is 0.257 e. The number of aryl methyl sites for hydroxylation is 1. The van der Waals surface area contributed by atoms with Gasteiger partial charge in [0.25, 0.3) is 5.91 Å². The molecule has 0 aliphatic carbocycles. The summed E-state index contributed by atoms with van der Waals surface area (Å²) in [6.45, 7) is 3.22. The number of benzene rings is 1. The van der Waals surface area contributed by atoms with Crippen LogP contribution in [0.4, 0.5) is 10.8 Å². The van der Waals surface area contributed by atoms with Crippen LogP contribution in [-0.2, 0) is 0 Å². The molecule has 5 nitrogen and oxygen atoms in total. The first kappa shape index (κ1) is 13.2. The summed E-state index contributed by atoms with van der Waals surface area (Å²) in [6.07, 6.45) is 0. The zero-order chi connectivity index (χ0) is 14.0. The molecular formula is C13H13N3O2S. The molecule has 19 heavy (non-hydrogen) atoms. The van der Waals surface area contributed by atoms with Gasteiger partial charge in [0.05, 0.1) is 10.6 Å². The first-order valence-electron chi connectivity index (χ1n) is 5.62. The molecule has 0 spiro atoms. The van der Waals surface area contributed by atoms with E-state index in [-0.39, 0.29) is 11.7 Å². The van der Waals surface area contributed by atoms with Crippen LogP contribution in [0.25, 0.3) is 0 Å². The van der Waals surface area contributed by atoms with Crippen molar-refractivity contribution in [2.75, 3.05) is 11.1 Å². The third-order valence-corrected chi connectivity index (χ3v) is 3.68.